The molecule has 0 aliphatic carbocycles. The Morgan fingerprint density at radius 3 is 2.59 bits per heavy atom. The molecule has 32 heavy (non-hydrogen) atoms. The number of anilines is 1. The fourth-order valence-corrected chi connectivity index (χ4v) is 5.05. The van der Waals surface area contributed by atoms with Gasteiger partial charge in [0.25, 0.3) is 0 Å². The molecule has 0 aliphatic heterocycles. The molecule has 0 saturated carbocycles. The van der Waals surface area contributed by atoms with E-state index in [4.69, 9.17) is 14.2 Å². The van der Waals surface area contributed by atoms with E-state index in [1.165, 1.54) is 22.7 Å². The van der Waals surface area contributed by atoms with Crippen LogP contribution in [0.3, 0.4) is 0 Å². The summed E-state index contributed by atoms with van der Waals surface area (Å²) in [5.41, 5.74) is 2.51. The molecule has 0 saturated heterocycles. The van der Waals surface area contributed by atoms with Crippen molar-refractivity contribution in [2.75, 3.05) is 39.4 Å². The van der Waals surface area contributed by atoms with Crippen molar-refractivity contribution in [1.82, 2.24) is 9.97 Å². The number of methoxy groups -OCH3 is 3. The van der Waals surface area contributed by atoms with Gasteiger partial charge < -0.3 is 14.2 Å². The number of nitrogens with zero attached hydrogens (tertiary/aromatic N) is 3. The lowest BCUT2D eigenvalue weighted by Crippen LogP contribution is -2.35. The van der Waals surface area contributed by atoms with E-state index >= 15 is 0 Å². The van der Waals surface area contributed by atoms with Gasteiger partial charge in [-0.1, -0.05) is 23.5 Å². The van der Waals surface area contributed by atoms with Crippen LogP contribution in [-0.2, 0) is 16.0 Å². The predicted molar refractivity (Wildman–Crippen MR) is 128 cm³/mol. The summed E-state index contributed by atoms with van der Waals surface area (Å²) in [4.78, 5) is 24.2. The van der Waals surface area contributed by atoms with Gasteiger partial charge in [-0.25, -0.2) is 9.97 Å². The second-order valence-corrected chi connectivity index (χ2v) is 8.76. The molecule has 1 amide bonds. The molecule has 7 nitrogen and oxygen atoms in total. The van der Waals surface area contributed by atoms with Crippen LogP contribution in [0.15, 0.2) is 47.8 Å². The van der Waals surface area contributed by atoms with Crippen molar-refractivity contribution < 1.29 is 19.0 Å². The predicted octanol–water partition coefficient (Wildman–Crippen LogP) is 4.66. The van der Waals surface area contributed by atoms with E-state index < -0.39 is 0 Å². The Bertz CT molecular complexity index is 1190. The topological polar surface area (TPSA) is 73.8 Å². The second-order valence-electron chi connectivity index (χ2n) is 6.89. The number of hydrogen-bond donors (Lipinski definition) is 0. The van der Waals surface area contributed by atoms with Crippen LogP contribution >= 0.6 is 22.7 Å². The molecule has 4 aromatic rings. The van der Waals surface area contributed by atoms with Crippen LogP contribution in [0.5, 0.6) is 11.5 Å². The fraction of sp³-hybridized carbons (Fsp3) is 0.261. The molecule has 2 aromatic heterocycles. The third-order valence-corrected chi connectivity index (χ3v) is 6.85. The van der Waals surface area contributed by atoms with Crippen LogP contribution in [0.4, 0.5) is 5.13 Å². The van der Waals surface area contributed by atoms with E-state index in [0.29, 0.717) is 35.5 Å². The lowest BCUT2D eigenvalue weighted by molar-refractivity contribution is -0.118. The highest BCUT2D eigenvalue weighted by Crippen LogP contribution is 2.34. The number of rotatable bonds is 9. The Kier molecular flexibility index (Phi) is 6.99. The number of carbonyl (C=O) groups is 1. The van der Waals surface area contributed by atoms with Gasteiger partial charge in [-0.3, -0.25) is 9.69 Å². The van der Waals surface area contributed by atoms with E-state index in [2.05, 4.69) is 9.97 Å². The maximum absolute atomic E-state index is 13.2. The van der Waals surface area contributed by atoms with Gasteiger partial charge in [-0.15, -0.1) is 11.3 Å². The highest BCUT2D eigenvalue weighted by atomic mass is 32.1. The molecule has 4 rings (SSSR count). The maximum atomic E-state index is 13.2. The zero-order chi connectivity index (χ0) is 22.5. The summed E-state index contributed by atoms with van der Waals surface area (Å²) in [6.07, 6.45) is 0.184. The van der Waals surface area contributed by atoms with E-state index in [0.717, 1.165) is 20.8 Å². The Balaban J connectivity index is 1.54. The molecule has 0 unspecified atom stereocenters. The van der Waals surface area contributed by atoms with Crippen LogP contribution in [-0.4, -0.2) is 50.4 Å². The van der Waals surface area contributed by atoms with Crippen LogP contribution < -0.4 is 14.4 Å². The van der Waals surface area contributed by atoms with Crippen molar-refractivity contribution in [3.05, 3.63) is 53.5 Å². The fourth-order valence-electron chi connectivity index (χ4n) is 3.23. The van der Waals surface area contributed by atoms with Crippen LogP contribution in [0.2, 0.25) is 0 Å². The summed E-state index contributed by atoms with van der Waals surface area (Å²) in [7, 11) is 4.83. The molecule has 0 spiro atoms. The van der Waals surface area contributed by atoms with Crippen molar-refractivity contribution >= 4 is 43.9 Å². The third kappa shape index (κ3) is 4.74. The van der Waals surface area contributed by atoms with E-state index in [1.54, 1.807) is 26.2 Å². The van der Waals surface area contributed by atoms with Crippen molar-refractivity contribution in [3.8, 4) is 22.1 Å². The number of amides is 1. The van der Waals surface area contributed by atoms with Gasteiger partial charge in [-0.05, 0) is 30.3 Å². The number of carbonyl (C=O) groups excluding carboxylic acids is 1. The van der Waals surface area contributed by atoms with Gasteiger partial charge >= 0.3 is 0 Å². The van der Waals surface area contributed by atoms with Crippen LogP contribution in [0.1, 0.15) is 5.69 Å². The molecule has 0 atom stereocenters. The first-order chi connectivity index (χ1) is 15.6. The van der Waals surface area contributed by atoms with Crippen molar-refractivity contribution in [1.29, 1.82) is 0 Å². The molecule has 2 heterocycles. The van der Waals surface area contributed by atoms with Crippen LogP contribution in [0.25, 0.3) is 20.8 Å². The van der Waals surface area contributed by atoms with Gasteiger partial charge in [0.15, 0.2) is 16.6 Å². The first-order valence-electron chi connectivity index (χ1n) is 9.94. The summed E-state index contributed by atoms with van der Waals surface area (Å²) < 4.78 is 16.9. The van der Waals surface area contributed by atoms with Gasteiger partial charge in [0.2, 0.25) is 5.91 Å². The van der Waals surface area contributed by atoms with Crippen molar-refractivity contribution in [3.63, 3.8) is 0 Å². The smallest absolute Gasteiger partial charge is 0.234 e. The molecule has 0 aliphatic rings. The number of para-hydroxylation sites is 1. The molecular formula is C23H23N3O4S2. The van der Waals surface area contributed by atoms with Gasteiger partial charge in [-0.2, -0.15) is 0 Å². The number of ether oxygens (including phenoxy) is 3. The zero-order valence-corrected chi connectivity index (χ0v) is 19.7. The minimum absolute atomic E-state index is 0.0646. The Hall–Kier alpha value is -3.01. The van der Waals surface area contributed by atoms with Crippen molar-refractivity contribution in [2.24, 2.45) is 0 Å². The number of benzene rings is 2. The summed E-state index contributed by atoms with van der Waals surface area (Å²) in [5, 5.41) is 3.40. The largest absolute Gasteiger partial charge is 0.493 e. The summed E-state index contributed by atoms with van der Waals surface area (Å²) >= 11 is 2.99. The SMILES string of the molecule is COCCN(C(=O)Cc1csc(-c2ccc(OC)c(OC)c2)n1)c1nc2ccccc2s1. The Labute approximate surface area is 194 Å². The highest BCUT2D eigenvalue weighted by molar-refractivity contribution is 7.22. The highest BCUT2D eigenvalue weighted by Gasteiger charge is 2.21. The van der Waals surface area contributed by atoms with Gasteiger partial charge in [0, 0.05) is 18.1 Å². The standard InChI is InChI=1S/C23H23N3O4S2/c1-28-11-10-26(23-25-17-6-4-5-7-20(17)32-23)21(27)13-16-14-31-22(24-16)15-8-9-18(29-2)19(12-15)30-3/h4-9,12,14H,10-11,13H2,1-3H3. The summed E-state index contributed by atoms with van der Waals surface area (Å²) in [6.45, 7) is 0.859. The third-order valence-electron chi connectivity index (χ3n) is 4.85. The quantitative estimate of drug-likeness (QED) is 0.355. The minimum atomic E-state index is -0.0646. The Morgan fingerprint density at radius 2 is 1.84 bits per heavy atom. The molecular weight excluding hydrogens is 446 g/mol. The maximum Gasteiger partial charge on any atom is 0.234 e. The number of fused-ring (bicyclic) bond motifs is 1. The summed E-state index contributed by atoms with van der Waals surface area (Å²) in [6, 6.07) is 13.5. The summed E-state index contributed by atoms with van der Waals surface area (Å²) in [5.74, 6) is 1.23. The van der Waals surface area contributed by atoms with E-state index in [9.17, 15) is 4.79 Å². The molecule has 0 fully saturated rings. The normalized spacial score (nSPS) is 11.0. The van der Waals surface area contributed by atoms with E-state index in [1.807, 2.05) is 47.8 Å². The van der Waals surface area contributed by atoms with Gasteiger partial charge in [0.1, 0.15) is 5.01 Å². The average molecular weight is 470 g/mol. The monoisotopic (exact) mass is 469 g/mol. The second kappa shape index (κ2) is 10.1. The van der Waals surface area contributed by atoms with Crippen LogP contribution in [0, 0.1) is 0 Å². The molecule has 166 valence electrons. The average Bonchev–Trinajstić information content (AvgIpc) is 3.46. The lowest BCUT2D eigenvalue weighted by atomic mass is 10.2. The van der Waals surface area contributed by atoms with E-state index in [-0.39, 0.29) is 12.3 Å². The lowest BCUT2D eigenvalue weighted by Gasteiger charge is -2.19. The first kappa shape index (κ1) is 22.2. The minimum Gasteiger partial charge on any atom is -0.493 e. The van der Waals surface area contributed by atoms with Crippen molar-refractivity contribution in [2.45, 2.75) is 6.42 Å². The molecule has 9 heteroatoms. The van der Waals surface area contributed by atoms with Gasteiger partial charge in [0.05, 0.1) is 49.7 Å². The number of aromatic nitrogens is 2. The molecule has 0 N–H and O–H groups in total. The molecule has 0 bridgehead atoms. The molecule has 0 radical (unpaired) electrons. The number of thiazole rings is 2. The molecule has 2 aromatic carbocycles. The Morgan fingerprint density at radius 1 is 1.03 bits per heavy atom. The number of hydrogen-bond acceptors (Lipinski definition) is 8. The first-order valence-corrected chi connectivity index (χ1v) is 11.6. The zero-order valence-electron chi connectivity index (χ0n) is 18.0.